The highest BCUT2D eigenvalue weighted by Gasteiger charge is 2.21. The number of halogens is 1. The van der Waals surface area contributed by atoms with Crippen LogP contribution < -0.4 is 0 Å². The molecule has 0 saturated heterocycles. The van der Waals surface area contributed by atoms with Gasteiger partial charge in [0, 0.05) is 21.9 Å². The first-order valence-corrected chi connectivity index (χ1v) is 5.89. The summed E-state index contributed by atoms with van der Waals surface area (Å²) < 4.78 is 2.45. The SMILES string of the molecule is CCn1c(C(=O)O)c(C=O)c2cc(Br)ccc21. The fraction of sp³-hybridized carbons (Fsp3) is 0.167. The van der Waals surface area contributed by atoms with Crippen LogP contribution in [0, 0.1) is 0 Å². The van der Waals surface area contributed by atoms with Crippen LogP contribution in [0.15, 0.2) is 22.7 Å². The van der Waals surface area contributed by atoms with Crippen LogP contribution in [0.4, 0.5) is 0 Å². The van der Waals surface area contributed by atoms with Crippen molar-refractivity contribution >= 4 is 39.1 Å². The van der Waals surface area contributed by atoms with E-state index >= 15 is 0 Å². The van der Waals surface area contributed by atoms with Crippen molar-refractivity contribution in [3.8, 4) is 0 Å². The molecular formula is C12H10BrNO3. The van der Waals surface area contributed by atoms with Crippen molar-refractivity contribution in [1.82, 2.24) is 4.57 Å². The lowest BCUT2D eigenvalue weighted by molar-refractivity contribution is 0.0683. The number of aryl methyl sites for hydroxylation is 1. The van der Waals surface area contributed by atoms with Gasteiger partial charge < -0.3 is 9.67 Å². The number of carbonyl (C=O) groups is 2. The first kappa shape index (κ1) is 11.9. The number of aromatic carboxylic acids is 1. The lowest BCUT2D eigenvalue weighted by Gasteiger charge is -2.03. The van der Waals surface area contributed by atoms with Crippen molar-refractivity contribution < 1.29 is 14.7 Å². The Kier molecular flexibility index (Phi) is 3.02. The van der Waals surface area contributed by atoms with Gasteiger partial charge in [0.05, 0.1) is 5.56 Å². The number of carboxylic acids is 1. The van der Waals surface area contributed by atoms with Crippen molar-refractivity contribution in [1.29, 1.82) is 0 Å². The Bertz CT molecular complexity index is 616. The Morgan fingerprint density at radius 3 is 2.76 bits per heavy atom. The van der Waals surface area contributed by atoms with Gasteiger partial charge >= 0.3 is 5.97 Å². The normalized spacial score (nSPS) is 10.7. The molecule has 0 atom stereocenters. The van der Waals surface area contributed by atoms with E-state index in [4.69, 9.17) is 0 Å². The molecule has 0 aliphatic carbocycles. The summed E-state index contributed by atoms with van der Waals surface area (Å²) in [6, 6.07) is 5.40. The van der Waals surface area contributed by atoms with Crippen molar-refractivity contribution in [2.45, 2.75) is 13.5 Å². The van der Waals surface area contributed by atoms with Crippen LogP contribution in [-0.2, 0) is 6.54 Å². The molecule has 5 heteroatoms. The number of aromatic nitrogens is 1. The van der Waals surface area contributed by atoms with Gasteiger partial charge in [-0.2, -0.15) is 0 Å². The van der Waals surface area contributed by atoms with E-state index in [-0.39, 0.29) is 11.3 Å². The highest BCUT2D eigenvalue weighted by atomic mass is 79.9. The third-order valence-electron chi connectivity index (χ3n) is 2.70. The highest BCUT2D eigenvalue weighted by Crippen LogP contribution is 2.28. The lowest BCUT2D eigenvalue weighted by atomic mass is 10.1. The smallest absolute Gasteiger partial charge is 0.353 e. The molecular weight excluding hydrogens is 286 g/mol. The van der Waals surface area contributed by atoms with Gasteiger partial charge in [0.25, 0.3) is 0 Å². The second-order valence-electron chi connectivity index (χ2n) is 3.59. The molecule has 0 unspecified atom stereocenters. The molecule has 1 heterocycles. The van der Waals surface area contributed by atoms with Crippen molar-refractivity contribution in [3.05, 3.63) is 33.9 Å². The van der Waals surface area contributed by atoms with Gasteiger partial charge in [-0.15, -0.1) is 0 Å². The van der Waals surface area contributed by atoms with Gasteiger partial charge in [0.1, 0.15) is 5.69 Å². The van der Waals surface area contributed by atoms with E-state index in [2.05, 4.69) is 15.9 Å². The predicted octanol–water partition coefficient (Wildman–Crippen LogP) is 2.93. The standard InChI is InChI=1S/C12H10BrNO3/c1-2-14-10-4-3-7(13)5-8(10)9(6-15)11(14)12(16)17/h3-6H,2H2,1H3,(H,16,17). The lowest BCUT2D eigenvalue weighted by Crippen LogP contribution is -2.09. The number of carbonyl (C=O) groups excluding carboxylic acids is 1. The molecule has 4 nitrogen and oxygen atoms in total. The monoisotopic (exact) mass is 295 g/mol. The zero-order valence-electron chi connectivity index (χ0n) is 9.11. The Hall–Kier alpha value is -1.62. The maximum atomic E-state index is 11.2. The molecule has 2 rings (SSSR count). The minimum atomic E-state index is -1.08. The minimum Gasteiger partial charge on any atom is -0.477 e. The van der Waals surface area contributed by atoms with E-state index in [9.17, 15) is 14.7 Å². The molecule has 2 aromatic rings. The summed E-state index contributed by atoms with van der Waals surface area (Å²) in [6.45, 7) is 2.36. The maximum Gasteiger partial charge on any atom is 0.353 e. The predicted molar refractivity (Wildman–Crippen MR) is 67.7 cm³/mol. The van der Waals surface area contributed by atoms with Crippen molar-refractivity contribution in [2.75, 3.05) is 0 Å². The molecule has 0 aliphatic rings. The number of benzene rings is 1. The fourth-order valence-electron chi connectivity index (χ4n) is 2.03. The second kappa shape index (κ2) is 4.33. The zero-order chi connectivity index (χ0) is 12.6. The van der Waals surface area contributed by atoms with Gasteiger partial charge in [-0.25, -0.2) is 4.79 Å². The third-order valence-corrected chi connectivity index (χ3v) is 3.19. The molecule has 17 heavy (non-hydrogen) atoms. The first-order chi connectivity index (χ1) is 8.10. The number of nitrogens with zero attached hydrogens (tertiary/aromatic N) is 1. The summed E-state index contributed by atoms with van der Waals surface area (Å²) in [4.78, 5) is 22.3. The van der Waals surface area contributed by atoms with E-state index in [1.54, 1.807) is 10.6 Å². The number of fused-ring (bicyclic) bond motifs is 1. The topological polar surface area (TPSA) is 59.3 Å². The molecule has 0 bridgehead atoms. The molecule has 0 radical (unpaired) electrons. The number of hydrogen-bond acceptors (Lipinski definition) is 2. The van der Waals surface area contributed by atoms with Crippen LogP contribution in [0.5, 0.6) is 0 Å². The van der Waals surface area contributed by atoms with Crippen LogP contribution in [0.3, 0.4) is 0 Å². The molecule has 0 saturated carbocycles. The van der Waals surface area contributed by atoms with Gasteiger partial charge in [0.15, 0.2) is 6.29 Å². The van der Waals surface area contributed by atoms with E-state index < -0.39 is 5.97 Å². The van der Waals surface area contributed by atoms with Crippen LogP contribution in [0.25, 0.3) is 10.9 Å². The number of carboxylic acid groups (broad SMARTS) is 1. The van der Waals surface area contributed by atoms with Crippen molar-refractivity contribution in [2.24, 2.45) is 0 Å². The summed E-state index contributed by atoms with van der Waals surface area (Å²) >= 11 is 3.32. The molecule has 0 fully saturated rings. The number of aldehydes is 1. The summed E-state index contributed by atoms with van der Waals surface area (Å²) in [5, 5.41) is 9.85. The average Bonchev–Trinajstić information content (AvgIpc) is 2.61. The fourth-order valence-corrected chi connectivity index (χ4v) is 2.39. The first-order valence-electron chi connectivity index (χ1n) is 5.10. The molecule has 1 aromatic carbocycles. The number of hydrogen-bond donors (Lipinski definition) is 1. The van der Waals surface area contributed by atoms with Crippen molar-refractivity contribution in [3.63, 3.8) is 0 Å². The molecule has 1 aromatic heterocycles. The quantitative estimate of drug-likeness (QED) is 0.886. The summed E-state index contributed by atoms with van der Waals surface area (Å²) in [6.07, 6.45) is 0.602. The van der Waals surface area contributed by atoms with Crippen LogP contribution in [0.1, 0.15) is 27.8 Å². The molecule has 0 amide bonds. The Labute approximate surface area is 106 Å². The largest absolute Gasteiger partial charge is 0.477 e. The minimum absolute atomic E-state index is 0.0515. The van der Waals surface area contributed by atoms with Crippen LogP contribution in [0.2, 0.25) is 0 Å². The van der Waals surface area contributed by atoms with Gasteiger partial charge in [-0.1, -0.05) is 15.9 Å². The molecule has 0 aliphatic heterocycles. The summed E-state index contributed by atoms with van der Waals surface area (Å²) in [7, 11) is 0. The average molecular weight is 296 g/mol. The highest BCUT2D eigenvalue weighted by molar-refractivity contribution is 9.10. The van der Waals surface area contributed by atoms with E-state index in [1.165, 1.54) is 0 Å². The number of rotatable bonds is 3. The van der Waals surface area contributed by atoms with Gasteiger partial charge in [-0.3, -0.25) is 4.79 Å². The van der Waals surface area contributed by atoms with Crippen LogP contribution in [-0.4, -0.2) is 21.9 Å². The Morgan fingerprint density at radius 2 is 2.24 bits per heavy atom. The van der Waals surface area contributed by atoms with Gasteiger partial charge in [0.2, 0.25) is 0 Å². The summed E-state index contributed by atoms with van der Waals surface area (Å²) in [5.41, 5.74) is 1.04. The zero-order valence-corrected chi connectivity index (χ0v) is 10.7. The second-order valence-corrected chi connectivity index (χ2v) is 4.51. The van der Waals surface area contributed by atoms with E-state index in [1.807, 2.05) is 19.1 Å². The Balaban J connectivity index is 2.96. The summed E-state index contributed by atoms with van der Waals surface area (Å²) in [5.74, 6) is -1.08. The maximum absolute atomic E-state index is 11.2. The third kappa shape index (κ3) is 1.76. The van der Waals surface area contributed by atoms with Crippen LogP contribution >= 0.6 is 15.9 Å². The molecule has 1 N–H and O–H groups in total. The Morgan fingerprint density at radius 1 is 1.53 bits per heavy atom. The van der Waals surface area contributed by atoms with Gasteiger partial charge in [-0.05, 0) is 25.1 Å². The molecule has 0 spiro atoms. The molecule has 88 valence electrons. The van der Waals surface area contributed by atoms with E-state index in [0.29, 0.717) is 18.2 Å². The van der Waals surface area contributed by atoms with E-state index in [0.717, 1.165) is 9.99 Å².